The van der Waals surface area contributed by atoms with Gasteiger partial charge in [0.25, 0.3) is 0 Å². The lowest BCUT2D eigenvalue weighted by atomic mass is 10.2. The number of nitrogens with one attached hydrogen (secondary N) is 1. The number of nitrogens with zero attached hydrogens (tertiary/aromatic N) is 2. The van der Waals surface area contributed by atoms with Crippen molar-refractivity contribution in [1.82, 2.24) is 14.2 Å². The Morgan fingerprint density at radius 2 is 1.87 bits per heavy atom. The van der Waals surface area contributed by atoms with Crippen LogP contribution in [0.4, 0.5) is 4.39 Å². The Hall–Kier alpha value is -2.71. The van der Waals surface area contributed by atoms with Gasteiger partial charge in [0.15, 0.2) is 0 Å². The molecule has 0 bridgehead atoms. The van der Waals surface area contributed by atoms with E-state index >= 15 is 0 Å². The van der Waals surface area contributed by atoms with Crippen molar-refractivity contribution in [2.24, 2.45) is 0 Å². The van der Waals surface area contributed by atoms with E-state index in [4.69, 9.17) is 0 Å². The first-order valence-electron chi connectivity index (χ1n) is 10.1. The molecule has 8 heteroatoms. The molecular formula is C22H24FN3O3S. The molecule has 6 nitrogen and oxygen atoms in total. The van der Waals surface area contributed by atoms with E-state index in [1.54, 1.807) is 0 Å². The van der Waals surface area contributed by atoms with E-state index in [9.17, 15) is 17.6 Å². The van der Waals surface area contributed by atoms with Crippen molar-refractivity contribution in [1.29, 1.82) is 0 Å². The third kappa shape index (κ3) is 4.11. The van der Waals surface area contributed by atoms with Crippen molar-refractivity contribution in [3.05, 3.63) is 66.6 Å². The van der Waals surface area contributed by atoms with Gasteiger partial charge in [0, 0.05) is 31.3 Å². The Morgan fingerprint density at radius 1 is 1.10 bits per heavy atom. The van der Waals surface area contributed by atoms with Crippen molar-refractivity contribution in [2.45, 2.75) is 36.7 Å². The predicted octanol–water partition coefficient (Wildman–Crippen LogP) is 3.14. The quantitative estimate of drug-likeness (QED) is 0.587. The molecule has 1 aromatic heterocycles. The summed E-state index contributed by atoms with van der Waals surface area (Å²) in [4.78, 5) is 12.7. The molecule has 0 saturated carbocycles. The second-order valence-electron chi connectivity index (χ2n) is 7.44. The summed E-state index contributed by atoms with van der Waals surface area (Å²) < 4.78 is 42.3. The molecule has 1 atom stereocenters. The average molecular weight is 430 g/mol. The van der Waals surface area contributed by atoms with Crippen LogP contribution >= 0.6 is 0 Å². The standard InChI is InChI=1S/C22H24FN3O3S/c23-18-8-10-19(11-9-18)30(28,29)26-15-3-7-21(26)22(27)24-13-4-14-25-16-12-17-5-1-2-6-20(17)25/h1-2,5-6,8-12,16,21H,3-4,7,13-15H2,(H,24,27)/t21-/m0/s1. The summed E-state index contributed by atoms with van der Waals surface area (Å²) in [6, 6.07) is 14.1. The topological polar surface area (TPSA) is 71.4 Å². The first-order valence-corrected chi connectivity index (χ1v) is 11.5. The van der Waals surface area contributed by atoms with Crippen LogP contribution in [0.1, 0.15) is 19.3 Å². The first kappa shape index (κ1) is 20.6. The first-order chi connectivity index (χ1) is 14.5. The molecule has 0 radical (unpaired) electrons. The van der Waals surface area contributed by atoms with E-state index < -0.39 is 21.9 Å². The van der Waals surface area contributed by atoms with Gasteiger partial charge < -0.3 is 9.88 Å². The maximum atomic E-state index is 13.1. The molecule has 3 aromatic rings. The number of carbonyl (C=O) groups is 1. The SMILES string of the molecule is O=C(NCCCn1ccc2ccccc21)[C@@H]1CCCN1S(=O)(=O)c1ccc(F)cc1. The van der Waals surface area contributed by atoms with E-state index in [1.165, 1.54) is 21.8 Å². The number of para-hydroxylation sites is 1. The van der Waals surface area contributed by atoms with Crippen LogP contribution in [-0.2, 0) is 21.4 Å². The van der Waals surface area contributed by atoms with Gasteiger partial charge in [0.1, 0.15) is 11.9 Å². The van der Waals surface area contributed by atoms with Gasteiger partial charge in [-0.25, -0.2) is 12.8 Å². The van der Waals surface area contributed by atoms with Crippen molar-refractivity contribution in [2.75, 3.05) is 13.1 Å². The van der Waals surface area contributed by atoms with Crippen molar-refractivity contribution >= 4 is 26.8 Å². The van der Waals surface area contributed by atoms with E-state index in [-0.39, 0.29) is 17.3 Å². The minimum absolute atomic E-state index is 0.00286. The highest BCUT2D eigenvalue weighted by Gasteiger charge is 2.39. The van der Waals surface area contributed by atoms with Crippen molar-refractivity contribution in [3.63, 3.8) is 0 Å². The van der Waals surface area contributed by atoms with E-state index in [0.29, 0.717) is 19.4 Å². The summed E-state index contributed by atoms with van der Waals surface area (Å²) in [5.74, 6) is -0.782. The Morgan fingerprint density at radius 3 is 2.67 bits per heavy atom. The predicted molar refractivity (Wildman–Crippen MR) is 113 cm³/mol. The summed E-state index contributed by atoms with van der Waals surface area (Å²) in [6.07, 6.45) is 3.87. The van der Waals surface area contributed by atoms with Gasteiger partial charge in [-0.1, -0.05) is 18.2 Å². The third-order valence-corrected chi connectivity index (χ3v) is 7.40. The number of aromatic nitrogens is 1. The number of carbonyl (C=O) groups excluding carboxylic acids is 1. The van der Waals surface area contributed by atoms with Gasteiger partial charge in [0.2, 0.25) is 15.9 Å². The zero-order chi connectivity index (χ0) is 21.1. The Labute approximate surface area is 175 Å². The molecule has 2 aromatic carbocycles. The molecule has 1 fully saturated rings. The zero-order valence-electron chi connectivity index (χ0n) is 16.5. The van der Waals surface area contributed by atoms with Crippen LogP contribution < -0.4 is 5.32 Å². The van der Waals surface area contributed by atoms with E-state index in [1.807, 2.05) is 18.3 Å². The van der Waals surface area contributed by atoms with E-state index in [2.05, 4.69) is 28.1 Å². The maximum absolute atomic E-state index is 13.1. The number of amides is 1. The maximum Gasteiger partial charge on any atom is 0.243 e. The second-order valence-corrected chi connectivity index (χ2v) is 9.33. The average Bonchev–Trinajstić information content (AvgIpc) is 3.39. The highest BCUT2D eigenvalue weighted by atomic mass is 32.2. The fraction of sp³-hybridized carbons (Fsp3) is 0.318. The molecule has 1 amide bonds. The molecule has 1 saturated heterocycles. The second kappa shape index (κ2) is 8.57. The van der Waals surface area contributed by atoms with Crippen LogP contribution in [0.2, 0.25) is 0 Å². The van der Waals surface area contributed by atoms with Crippen LogP contribution in [0, 0.1) is 5.82 Å². The molecule has 0 spiro atoms. The van der Waals surface area contributed by atoms with Crippen LogP contribution in [0.15, 0.2) is 65.7 Å². The number of halogens is 1. The summed E-state index contributed by atoms with van der Waals surface area (Å²) in [7, 11) is -3.84. The molecule has 1 aliphatic heterocycles. The fourth-order valence-corrected chi connectivity index (χ4v) is 5.60. The summed E-state index contributed by atoms with van der Waals surface area (Å²) in [6.45, 7) is 1.51. The molecule has 0 unspecified atom stereocenters. The fourth-order valence-electron chi connectivity index (χ4n) is 3.95. The van der Waals surface area contributed by atoms with Crippen LogP contribution in [0.3, 0.4) is 0 Å². The van der Waals surface area contributed by atoms with Gasteiger partial charge >= 0.3 is 0 Å². The largest absolute Gasteiger partial charge is 0.355 e. The Balaban J connectivity index is 1.35. The molecule has 1 aliphatic rings. The Bertz CT molecular complexity index is 1140. The molecule has 2 heterocycles. The van der Waals surface area contributed by atoms with Gasteiger partial charge in [-0.3, -0.25) is 4.79 Å². The monoisotopic (exact) mass is 429 g/mol. The number of benzene rings is 2. The minimum atomic E-state index is -3.84. The molecule has 4 rings (SSSR count). The van der Waals surface area contributed by atoms with Crippen LogP contribution in [0.25, 0.3) is 10.9 Å². The van der Waals surface area contributed by atoms with Gasteiger partial charge in [-0.15, -0.1) is 0 Å². The number of aryl methyl sites for hydroxylation is 1. The summed E-state index contributed by atoms with van der Waals surface area (Å²) in [5.41, 5.74) is 1.15. The van der Waals surface area contributed by atoms with Gasteiger partial charge in [-0.2, -0.15) is 4.31 Å². The minimum Gasteiger partial charge on any atom is -0.355 e. The van der Waals surface area contributed by atoms with E-state index in [0.717, 1.165) is 30.6 Å². The van der Waals surface area contributed by atoms with Crippen LogP contribution in [-0.4, -0.2) is 42.3 Å². The van der Waals surface area contributed by atoms with Crippen molar-refractivity contribution < 1.29 is 17.6 Å². The van der Waals surface area contributed by atoms with Crippen LogP contribution in [0.5, 0.6) is 0 Å². The summed E-state index contributed by atoms with van der Waals surface area (Å²) in [5, 5.41) is 4.05. The number of fused-ring (bicyclic) bond motifs is 1. The number of sulfonamides is 1. The lowest BCUT2D eigenvalue weighted by Gasteiger charge is -2.23. The van der Waals surface area contributed by atoms with Gasteiger partial charge in [-0.05, 0) is 61.0 Å². The lowest BCUT2D eigenvalue weighted by Crippen LogP contribution is -2.46. The highest BCUT2D eigenvalue weighted by Crippen LogP contribution is 2.26. The number of hydrogen-bond acceptors (Lipinski definition) is 3. The number of rotatable bonds is 7. The number of hydrogen-bond donors (Lipinski definition) is 1. The molecule has 1 N–H and O–H groups in total. The zero-order valence-corrected chi connectivity index (χ0v) is 17.3. The molecule has 30 heavy (non-hydrogen) atoms. The Kier molecular flexibility index (Phi) is 5.87. The highest BCUT2D eigenvalue weighted by molar-refractivity contribution is 7.89. The smallest absolute Gasteiger partial charge is 0.243 e. The normalized spacial score (nSPS) is 17.4. The molecular weight excluding hydrogens is 405 g/mol. The molecule has 158 valence electrons. The molecule has 0 aliphatic carbocycles. The third-order valence-electron chi connectivity index (χ3n) is 5.48. The van der Waals surface area contributed by atoms with Crippen molar-refractivity contribution in [3.8, 4) is 0 Å². The van der Waals surface area contributed by atoms with Gasteiger partial charge in [0.05, 0.1) is 4.90 Å². The lowest BCUT2D eigenvalue weighted by molar-refractivity contribution is -0.124. The summed E-state index contributed by atoms with van der Waals surface area (Å²) >= 11 is 0.